The summed E-state index contributed by atoms with van der Waals surface area (Å²) in [5.41, 5.74) is 0. The van der Waals surface area contributed by atoms with E-state index in [1.807, 2.05) is 13.8 Å². The van der Waals surface area contributed by atoms with Crippen molar-refractivity contribution in [2.24, 2.45) is 0 Å². The Morgan fingerprint density at radius 1 is 0.447 bits per heavy atom. The quantitative estimate of drug-likeness (QED) is 0.0767. The minimum atomic E-state index is -5.64. The fourth-order valence-electron chi connectivity index (χ4n) is 3.76. The Balaban J connectivity index is 3.76. The van der Waals surface area contributed by atoms with E-state index in [1.54, 1.807) is 0 Å². The zero-order valence-electron chi connectivity index (χ0n) is 20.6. The second-order valence-electron chi connectivity index (χ2n) is 8.33. The van der Waals surface area contributed by atoms with Crippen LogP contribution in [0.4, 0.5) is 0 Å². The van der Waals surface area contributed by atoms with E-state index in [0.717, 1.165) is 12.8 Å². The minimum absolute atomic E-state index is 0.149. The van der Waals surface area contributed by atoms with E-state index in [0.29, 0.717) is 25.7 Å². The zero-order chi connectivity index (χ0) is 29.4. The number of phosphoric acid groups is 4. The van der Waals surface area contributed by atoms with Gasteiger partial charge in [0, 0.05) is 13.2 Å². The summed E-state index contributed by atoms with van der Waals surface area (Å²) in [4.78, 5) is 75.8. The van der Waals surface area contributed by atoms with Crippen LogP contribution in [-0.4, -0.2) is 89.0 Å². The summed E-state index contributed by atoms with van der Waals surface area (Å²) in [6.45, 7) is 3.42. The van der Waals surface area contributed by atoms with Crippen molar-refractivity contribution in [3.05, 3.63) is 0 Å². The van der Waals surface area contributed by atoms with Crippen molar-refractivity contribution in [3.63, 3.8) is 0 Å². The van der Waals surface area contributed by atoms with Crippen molar-refractivity contribution in [1.29, 1.82) is 0 Å². The highest BCUT2D eigenvalue weighted by atomic mass is 31.2. The Bertz CT molecular complexity index is 821. The lowest BCUT2D eigenvalue weighted by Crippen LogP contribution is -2.67. The van der Waals surface area contributed by atoms with Crippen LogP contribution < -0.4 is 0 Å². The SMILES string of the molecule is CCCCCO[C@@H]1[C@H](OCCCCC)[C@@H](OP(=O)(O)O)[C@H](OP(=O)(O)O)[C@@H](OP(=O)(O)O)[C@@H]1OP(=O)(O)O. The van der Waals surface area contributed by atoms with Crippen molar-refractivity contribution in [1.82, 2.24) is 0 Å². The van der Waals surface area contributed by atoms with Crippen LogP contribution in [0.25, 0.3) is 0 Å². The summed E-state index contributed by atoms with van der Waals surface area (Å²) < 4.78 is 77.0. The third-order valence-corrected chi connectivity index (χ3v) is 7.17. The maximum atomic E-state index is 11.8. The molecule has 1 saturated carbocycles. The molecule has 38 heavy (non-hydrogen) atoms. The van der Waals surface area contributed by atoms with Crippen LogP contribution in [0.3, 0.4) is 0 Å². The van der Waals surface area contributed by atoms with Gasteiger partial charge in [-0.1, -0.05) is 39.5 Å². The van der Waals surface area contributed by atoms with Gasteiger partial charge >= 0.3 is 31.3 Å². The lowest BCUT2D eigenvalue weighted by atomic mass is 9.84. The van der Waals surface area contributed by atoms with Gasteiger partial charge in [0.05, 0.1) is 0 Å². The highest BCUT2D eigenvalue weighted by molar-refractivity contribution is 7.47. The molecular weight excluding hydrogens is 604 g/mol. The molecule has 1 rings (SSSR count). The minimum Gasteiger partial charge on any atom is -0.373 e. The van der Waals surface area contributed by atoms with E-state index in [1.165, 1.54) is 0 Å². The molecule has 228 valence electrons. The average molecular weight is 640 g/mol. The number of ether oxygens (including phenoxy) is 2. The zero-order valence-corrected chi connectivity index (χ0v) is 24.1. The lowest BCUT2D eigenvalue weighted by Gasteiger charge is -2.48. The molecular formula is C16H36O18P4. The first-order chi connectivity index (χ1) is 17.3. The molecule has 0 unspecified atom stereocenters. The van der Waals surface area contributed by atoms with Gasteiger partial charge in [0.1, 0.15) is 36.6 Å². The van der Waals surface area contributed by atoms with Crippen molar-refractivity contribution in [3.8, 4) is 0 Å². The predicted molar refractivity (Wildman–Crippen MR) is 126 cm³/mol. The normalized spacial score (nSPS) is 27.5. The highest BCUT2D eigenvalue weighted by Gasteiger charge is 2.60. The molecule has 1 aliphatic rings. The maximum Gasteiger partial charge on any atom is 0.470 e. The molecule has 0 saturated heterocycles. The summed E-state index contributed by atoms with van der Waals surface area (Å²) in [7, 11) is -22.4. The topological polar surface area (TPSA) is 285 Å². The van der Waals surface area contributed by atoms with E-state index < -0.39 is 67.9 Å². The van der Waals surface area contributed by atoms with E-state index in [2.05, 4.69) is 9.05 Å². The van der Waals surface area contributed by atoms with Gasteiger partial charge < -0.3 is 48.6 Å². The molecule has 0 aliphatic heterocycles. The third-order valence-electron chi connectivity index (χ3n) is 5.10. The van der Waals surface area contributed by atoms with Gasteiger partial charge in [0.25, 0.3) is 0 Å². The van der Waals surface area contributed by atoms with Crippen LogP contribution in [0.5, 0.6) is 0 Å². The van der Waals surface area contributed by atoms with Gasteiger partial charge in [0.2, 0.25) is 0 Å². The average Bonchev–Trinajstić information content (AvgIpc) is 2.71. The predicted octanol–water partition coefficient (Wildman–Crippen LogP) is 1.06. The Labute approximate surface area is 218 Å². The van der Waals surface area contributed by atoms with Crippen LogP contribution in [0, 0.1) is 0 Å². The van der Waals surface area contributed by atoms with Crippen molar-refractivity contribution < 1.29 is 85.0 Å². The molecule has 0 spiro atoms. The first kappa shape index (κ1) is 36.4. The standard InChI is InChI=1S/C16H36O18P4/c1-3-5-7-9-29-11-12(30-10-8-6-4-2)14(32-36(20,21)22)16(34-38(26,27)28)15(33-37(23,24)25)13(11)31-35(17,18)19/h11-16H,3-10H2,1-2H3,(H2,17,18,19)(H2,20,21,22)(H2,23,24,25)(H2,26,27,28)/t11-,12+,13-,14-,15+,16+/m1/s1. The van der Waals surface area contributed by atoms with E-state index in [-0.39, 0.29) is 13.2 Å². The number of phosphoric ester groups is 4. The third kappa shape index (κ3) is 14.3. The fraction of sp³-hybridized carbons (Fsp3) is 1.00. The molecule has 0 bridgehead atoms. The molecule has 0 amide bonds. The van der Waals surface area contributed by atoms with Crippen LogP contribution in [0.1, 0.15) is 52.4 Å². The molecule has 22 heteroatoms. The maximum absolute atomic E-state index is 11.8. The van der Waals surface area contributed by atoms with Crippen molar-refractivity contribution in [2.75, 3.05) is 13.2 Å². The van der Waals surface area contributed by atoms with E-state index >= 15 is 0 Å². The van der Waals surface area contributed by atoms with Gasteiger partial charge in [-0.05, 0) is 12.8 Å². The van der Waals surface area contributed by atoms with Gasteiger partial charge in [-0.15, -0.1) is 0 Å². The van der Waals surface area contributed by atoms with Crippen LogP contribution in [0.15, 0.2) is 0 Å². The Morgan fingerprint density at radius 2 is 0.684 bits per heavy atom. The van der Waals surface area contributed by atoms with Crippen LogP contribution in [-0.2, 0) is 45.8 Å². The molecule has 0 aromatic heterocycles. The fourth-order valence-corrected chi connectivity index (χ4v) is 5.99. The lowest BCUT2D eigenvalue weighted by molar-refractivity contribution is -0.234. The second kappa shape index (κ2) is 15.5. The van der Waals surface area contributed by atoms with Crippen LogP contribution >= 0.6 is 31.3 Å². The molecule has 0 radical (unpaired) electrons. The Morgan fingerprint density at radius 3 is 0.895 bits per heavy atom. The molecule has 0 aromatic carbocycles. The highest BCUT2D eigenvalue weighted by Crippen LogP contribution is 2.53. The Kier molecular flexibility index (Phi) is 14.9. The largest absolute Gasteiger partial charge is 0.470 e. The number of hydrogen-bond acceptors (Lipinski definition) is 10. The van der Waals surface area contributed by atoms with Crippen molar-refractivity contribution in [2.45, 2.75) is 89.0 Å². The summed E-state index contributed by atoms with van der Waals surface area (Å²) in [6, 6.07) is 0. The molecule has 6 atom stereocenters. The van der Waals surface area contributed by atoms with Gasteiger partial charge in [-0.2, -0.15) is 0 Å². The summed E-state index contributed by atoms with van der Waals surface area (Å²) in [5.74, 6) is 0. The van der Waals surface area contributed by atoms with Crippen LogP contribution in [0.2, 0.25) is 0 Å². The molecule has 0 aromatic rings. The van der Waals surface area contributed by atoms with E-state index in [4.69, 9.17) is 18.5 Å². The molecule has 1 fully saturated rings. The molecule has 8 N–H and O–H groups in total. The van der Waals surface area contributed by atoms with Crippen molar-refractivity contribution >= 4 is 31.3 Å². The summed E-state index contributed by atoms with van der Waals surface area (Å²) in [5, 5.41) is 0. The van der Waals surface area contributed by atoms with E-state index in [9.17, 15) is 57.4 Å². The summed E-state index contributed by atoms with van der Waals surface area (Å²) in [6.07, 6.45) is -9.64. The smallest absolute Gasteiger partial charge is 0.373 e. The van der Waals surface area contributed by atoms with Gasteiger partial charge in [-0.3, -0.25) is 18.1 Å². The number of unbranched alkanes of at least 4 members (excludes halogenated alkanes) is 4. The first-order valence-electron chi connectivity index (χ1n) is 11.5. The molecule has 18 nitrogen and oxygen atoms in total. The van der Waals surface area contributed by atoms with Gasteiger partial charge in [0.15, 0.2) is 0 Å². The Hall–Kier alpha value is 0.360. The summed E-state index contributed by atoms with van der Waals surface area (Å²) >= 11 is 0. The van der Waals surface area contributed by atoms with Gasteiger partial charge in [-0.25, -0.2) is 18.3 Å². The molecule has 1 aliphatic carbocycles. The number of rotatable bonds is 18. The monoisotopic (exact) mass is 640 g/mol. The second-order valence-corrected chi connectivity index (χ2v) is 13.1. The molecule has 0 heterocycles. The first-order valence-corrected chi connectivity index (χ1v) is 17.6. The number of hydrogen-bond donors (Lipinski definition) is 8.